The Bertz CT molecular complexity index is 529. The highest BCUT2D eigenvalue weighted by molar-refractivity contribution is 7.88. The molecule has 0 fully saturated rings. The molecule has 0 heterocycles. The largest absolute Gasteiger partial charge is 0.355 e. The van der Waals surface area contributed by atoms with Crippen LogP contribution in [0.1, 0.15) is 31.9 Å². The fraction of sp³-hybridized carbons (Fsp3) is 0.500. The molecule has 0 aliphatic rings. The van der Waals surface area contributed by atoms with Gasteiger partial charge in [-0.2, -0.15) is 4.31 Å². The Morgan fingerprint density at radius 2 is 1.90 bits per heavy atom. The first-order valence-corrected chi connectivity index (χ1v) is 8.49. The Morgan fingerprint density at radius 1 is 1.30 bits per heavy atom. The summed E-state index contributed by atoms with van der Waals surface area (Å²) >= 11 is 0. The maximum atomic E-state index is 11.9. The molecule has 1 rings (SSSR count). The standard InChI is InChI=1S/C14H22N2O3S/c1-4-10-15-14(17)11-16(20(3,18)19)12(2)13-8-6-5-7-9-13/h5-9,12H,4,10-11H2,1-3H3,(H,15,17). The van der Waals surface area contributed by atoms with Crippen LogP contribution in [-0.2, 0) is 14.8 Å². The van der Waals surface area contributed by atoms with Gasteiger partial charge in [-0.15, -0.1) is 0 Å². The van der Waals surface area contributed by atoms with Gasteiger partial charge < -0.3 is 5.32 Å². The molecule has 0 saturated heterocycles. The third kappa shape index (κ3) is 4.94. The van der Waals surface area contributed by atoms with Crippen LogP contribution in [0, 0.1) is 0 Å². The van der Waals surface area contributed by atoms with Gasteiger partial charge in [-0.05, 0) is 18.9 Å². The van der Waals surface area contributed by atoms with Crippen LogP contribution in [0.4, 0.5) is 0 Å². The van der Waals surface area contributed by atoms with Gasteiger partial charge in [0.2, 0.25) is 15.9 Å². The molecule has 112 valence electrons. The number of nitrogens with zero attached hydrogens (tertiary/aromatic N) is 1. The summed E-state index contributed by atoms with van der Waals surface area (Å²) in [5, 5.41) is 2.70. The highest BCUT2D eigenvalue weighted by Gasteiger charge is 2.26. The van der Waals surface area contributed by atoms with Gasteiger partial charge in [0, 0.05) is 12.6 Å². The van der Waals surface area contributed by atoms with Crippen molar-refractivity contribution in [2.75, 3.05) is 19.3 Å². The minimum atomic E-state index is -3.46. The van der Waals surface area contributed by atoms with Crippen molar-refractivity contribution in [3.05, 3.63) is 35.9 Å². The molecular weight excluding hydrogens is 276 g/mol. The molecule has 5 nitrogen and oxygen atoms in total. The highest BCUT2D eigenvalue weighted by Crippen LogP contribution is 2.22. The maximum absolute atomic E-state index is 11.9. The van der Waals surface area contributed by atoms with Gasteiger partial charge in [-0.1, -0.05) is 37.3 Å². The summed E-state index contributed by atoms with van der Waals surface area (Å²) in [5.41, 5.74) is 0.862. The summed E-state index contributed by atoms with van der Waals surface area (Å²) in [4.78, 5) is 11.8. The average Bonchev–Trinajstić information content (AvgIpc) is 2.41. The van der Waals surface area contributed by atoms with E-state index in [1.165, 1.54) is 4.31 Å². The zero-order valence-corrected chi connectivity index (χ0v) is 13.0. The molecule has 1 unspecified atom stereocenters. The number of hydrogen-bond donors (Lipinski definition) is 1. The van der Waals surface area contributed by atoms with Gasteiger partial charge in [-0.3, -0.25) is 4.79 Å². The van der Waals surface area contributed by atoms with Crippen molar-refractivity contribution in [3.63, 3.8) is 0 Å². The van der Waals surface area contributed by atoms with Crippen LogP contribution in [0.25, 0.3) is 0 Å². The van der Waals surface area contributed by atoms with Crippen LogP contribution < -0.4 is 5.32 Å². The lowest BCUT2D eigenvalue weighted by atomic mass is 10.1. The van der Waals surface area contributed by atoms with Crippen LogP contribution in [0.3, 0.4) is 0 Å². The van der Waals surface area contributed by atoms with E-state index in [2.05, 4.69) is 5.32 Å². The average molecular weight is 298 g/mol. The van der Waals surface area contributed by atoms with Crippen molar-refractivity contribution in [2.24, 2.45) is 0 Å². The number of amides is 1. The summed E-state index contributed by atoms with van der Waals surface area (Å²) < 4.78 is 25.0. The first-order valence-electron chi connectivity index (χ1n) is 6.64. The normalized spacial score (nSPS) is 13.2. The molecule has 6 heteroatoms. The van der Waals surface area contributed by atoms with Crippen molar-refractivity contribution < 1.29 is 13.2 Å². The van der Waals surface area contributed by atoms with Gasteiger partial charge >= 0.3 is 0 Å². The molecule has 0 aliphatic carbocycles. The van der Waals surface area contributed by atoms with E-state index >= 15 is 0 Å². The lowest BCUT2D eigenvalue weighted by Gasteiger charge is -2.26. The van der Waals surface area contributed by atoms with E-state index in [-0.39, 0.29) is 18.5 Å². The fourth-order valence-corrected chi connectivity index (χ4v) is 2.95. The van der Waals surface area contributed by atoms with Gasteiger partial charge in [-0.25, -0.2) is 8.42 Å². The van der Waals surface area contributed by atoms with Crippen molar-refractivity contribution in [1.82, 2.24) is 9.62 Å². The van der Waals surface area contributed by atoms with Gasteiger partial charge in [0.05, 0.1) is 12.8 Å². The molecule has 1 atom stereocenters. The van der Waals surface area contributed by atoms with Crippen LogP contribution >= 0.6 is 0 Å². The van der Waals surface area contributed by atoms with Crippen LogP contribution in [-0.4, -0.2) is 38.0 Å². The predicted molar refractivity (Wildman–Crippen MR) is 79.7 cm³/mol. The second-order valence-corrected chi connectivity index (χ2v) is 6.68. The van der Waals surface area contributed by atoms with Gasteiger partial charge in [0.1, 0.15) is 0 Å². The SMILES string of the molecule is CCCNC(=O)CN(C(C)c1ccccc1)S(C)(=O)=O. The summed E-state index contributed by atoms with van der Waals surface area (Å²) in [5.74, 6) is -0.278. The summed E-state index contributed by atoms with van der Waals surface area (Å²) in [7, 11) is -3.46. The molecule has 20 heavy (non-hydrogen) atoms. The number of rotatable bonds is 7. The molecule has 0 radical (unpaired) electrons. The maximum Gasteiger partial charge on any atom is 0.235 e. The molecule has 1 aromatic carbocycles. The van der Waals surface area contributed by atoms with E-state index in [4.69, 9.17) is 0 Å². The van der Waals surface area contributed by atoms with Crippen molar-refractivity contribution >= 4 is 15.9 Å². The minimum Gasteiger partial charge on any atom is -0.355 e. The first-order chi connectivity index (χ1) is 9.36. The smallest absolute Gasteiger partial charge is 0.235 e. The number of carbonyl (C=O) groups excluding carboxylic acids is 1. The summed E-state index contributed by atoms with van der Waals surface area (Å²) in [6.45, 7) is 4.12. The highest BCUT2D eigenvalue weighted by atomic mass is 32.2. The van der Waals surface area contributed by atoms with Gasteiger partial charge in [0.15, 0.2) is 0 Å². The summed E-state index contributed by atoms with van der Waals surface area (Å²) in [6.07, 6.45) is 1.94. The topological polar surface area (TPSA) is 66.5 Å². The number of nitrogens with one attached hydrogen (secondary N) is 1. The van der Waals surface area contributed by atoms with Crippen molar-refractivity contribution in [2.45, 2.75) is 26.3 Å². The molecule has 0 saturated carbocycles. The number of benzene rings is 1. The number of hydrogen-bond acceptors (Lipinski definition) is 3. The Morgan fingerprint density at radius 3 is 2.40 bits per heavy atom. The third-order valence-corrected chi connectivity index (χ3v) is 4.31. The summed E-state index contributed by atoms with van der Waals surface area (Å²) in [6, 6.07) is 8.90. The van der Waals surface area contributed by atoms with Crippen LogP contribution in [0.2, 0.25) is 0 Å². The monoisotopic (exact) mass is 298 g/mol. The fourth-order valence-electron chi connectivity index (χ4n) is 1.90. The molecule has 0 spiro atoms. The number of carbonyl (C=O) groups is 1. The lowest BCUT2D eigenvalue weighted by Crippen LogP contribution is -2.41. The van der Waals surface area contributed by atoms with E-state index in [1.54, 1.807) is 6.92 Å². The first kappa shape index (κ1) is 16.7. The molecule has 0 bridgehead atoms. The van der Waals surface area contributed by atoms with Crippen molar-refractivity contribution in [1.29, 1.82) is 0 Å². The van der Waals surface area contributed by atoms with E-state index in [0.717, 1.165) is 18.2 Å². The zero-order valence-electron chi connectivity index (χ0n) is 12.2. The third-order valence-electron chi connectivity index (χ3n) is 3.01. The van der Waals surface area contributed by atoms with E-state index in [9.17, 15) is 13.2 Å². The van der Waals surface area contributed by atoms with E-state index in [0.29, 0.717) is 6.54 Å². The molecule has 1 N–H and O–H groups in total. The molecule has 0 aromatic heterocycles. The second-order valence-electron chi connectivity index (χ2n) is 4.74. The Hall–Kier alpha value is -1.40. The van der Waals surface area contributed by atoms with Crippen molar-refractivity contribution in [3.8, 4) is 0 Å². The molecule has 1 amide bonds. The van der Waals surface area contributed by atoms with Gasteiger partial charge in [0.25, 0.3) is 0 Å². The molecular formula is C14H22N2O3S. The Balaban J connectivity index is 2.88. The number of sulfonamides is 1. The quantitative estimate of drug-likeness (QED) is 0.830. The Kier molecular flexibility index (Phi) is 6.16. The zero-order chi connectivity index (χ0) is 15.2. The van der Waals surface area contributed by atoms with E-state index < -0.39 is 10.0 Å². The predicted octanol–water partition coefficient (Wildman–Crippen LogP) is 1.54. The molecule has 0 aliphatic heterocycles. The second kappa shape index (κ2) is 7.40. The molecule has 1 aromatic rings. The lowest BCUT2D eigenvalue weighted by molar-refractivity contribution is -0.121. The minimum absolute atomic E-state index is 0.158. The van der Waals surface area contributed by atoms with Crippen LogP contribution in [0.15, 0.2) is 30.3 Å². The van der Waals surface area contributed by atoms with E-state index in [1.807, 2.05) is 37.3 Å². The Labute approximate surface area is 121 Å². The van der Waals surface area contributed by atoms with Crippen LogP contribution in [0.5, 0.6) is 0 Å².